The van der Waals surface area contributed by atoms with Crippen LogP contribution in [0, 0.1) is 15.5 Å². The summed E-state index contributed by atoms with van der Waals surface area (Å²) in [5, 5.41) is 4.76. The number of fused-ring (bicyclic) bond motifs is 1. The number of hydrogen-bond acceptors (Lipinski definition) is 3. The molecule has 0 N–H and O–H groups in total. The second kappa shape index (κ2) is 5.39. The number of aromatic nitrogens is 2. The van der Waals surface area contributed by atoms with Crippen molar-refractivity contribution in [3.63, 3.8) is 0 Å². The number of nitrogens with zero attached hydrogens (tertiary/aromatic N) is 3. The maximum Gasteiger partial charge on any atom is 0.410 e. The van der Waals surface area contributed by atoms with Crippen molar-refractivity contribution < 1.29 is 9.53 Å². The summed E-state index contributed by atoms with van der Waals surface area (Å²) >= 11 is 2.35. The molecule has 1 aromatic heterocycles. The molecule has 2 atom stereocenters. The summed E-state index contributed by atoms with van der Waals surface area (Å²) in [5.41, 5.74) is 0.770. The number of amides is 1. The Hall–Kier alpha value is -0.790. The summed E-state index contributed by atoms with van der Waals surface area (Å²) in [7, 11) is 0. The summed E-state index contributed by atoms with van der Waals surface area (Å²) in [4.78, 5) is 13.9. The first-order valence-electron chi connectivity index (χ1n) is 7.90. The van der Waals surface area contributed by atoms with Crippen LogP contribution in [0.15, 0.2) is 6.07 Å². The van der Waals surface area contributed by atoms with Gasteiger partial charge in [0.15, 0.2) is 0 Å². The number of likely N-dealkylation sites (tertiary alicyclic amines) is 1. The molecule has 5 nitrogen and oxygen atoms in total. The SMILES string of the molecule is CC(C)n1nc(C2C3CN(C(=O)OC(C)(C)C)CC32)cc1I. The Balaban J connectivity index is 1.61. The molecule has 2 fully saturated rings. The van der Waals surface area contributed by atoms with E-state index in [1.807, 2.05) is 25.7 Å². The predicted octanol–water partition coefficient (Wildman–Crippen LogP) is 3.65. The Bertz CT molecular complexity index is 579. The van der Waals surface area contributed by atoms with Gasteiger partial charge in [-0.2, -0.15) is 5.10 Å². The zero-order valence-electron chi connectivity index (χ0n) is 13.8. The fraction of sp³-hybridized carbons (Fsp3) is 0.750. The number of ether oxygens (including phenoxy) is 1. The van der Waals surface area contributed by atoms with Crippen molar-refractivity contribution >= 4 is 28.7 Å². The smallest absolute Gasteiger partial charge is 0.410 e. The van der Waals surface area contributed by atoms with Gasteiger partial charge in [0.25, 0.3) is 0 Å². The highest BCUT2D eigenvalue weighted by Crippen LogP contribution is 2.58. The van der Waals surface area contributed by atoms with Gasteiger partial charge >= 0.3 is 6.09 Å². The lowest BCUT2D eigenvalue weighted by atomic mass is 10.2. The molecule has 0 aromatic carbocycles. The van der Waals surface area contributed by atoms with Crippen molar-refractivity contribution in [2.45, 2.75) is 52.2 Å². The zero-order valence-corrected chi connectivity index (χ0v) is 16.0. The van der Waals surface area contributed by atoms with Gasteiger partial charge in [-0.05, 0) is 75.1 Å². The van der Waals surface area contributed by atoms with Gasteiger partial charge in [0.05, 0.1) is 9.39 Å². The van der Waals surface area contributed by atoms with Crippen LogP contribution in [0.5, 0.6) is 0 Å². The first-order valence-corrected chi connectivity index (χ1v) is 8.98. The molecular weight excluding hydrogens is 393 g/mol. The molecule has 1 aliphatic carbocycles. The second-order valence-electron chi connectivity index (χ2n) is 7.67. The number of carbonyl (C=O) groups is 1. The van der Waals surface area contributed by atoms with Crippen molar-refractivity contribution in [3.8, 4) is 0 Å². The highest BCUT2D eigenvalue weighted by atomic mass is 127. The maximum atomic E-state index is 12.1. The monoisotopic (exact) mass is 417 g/mol. The lowest BCUT2D eigenvalue weighted by molar-refractivity contribution is 0.0270. The largest absolute Gasteiger partial charge is 0.444 e. The minimum Gasteiger partial charge on any atom is -0.444 e. The first-order chi connectivity index (χ1) is 10.2. The van der Waals surface area contributed by atoms with Gasteiger partial charge in [0.1, 0.15) is 5.60 Å². The molecule has 1 aliphatic heterocycles. The van der Waals surface area contributed by atoms with Crippen LogP contribution < -0.4 is 0 Å². The highest BCUT2D eigenvalue weighted by molar-refractivity contribution is 14.1. The average Bonchev–Trinajstić information content (AvgIpc) is 2.73. The molecule has 122 valence electrons. The summed E-state index contributed by atoms with van der Waals surface area (Å²) in [6.45, 7) is 11.6. The lowest BCUT2D eigenvalue weighted by Gasteiger charge is -2.25. The Morgan fingerprint density at radius 1 is 1.36 bits per heavy atom. The summed E-state index contributed by atoms with van der Waals surface area (Å²) in [5.74, 6) is 1.63. The fourth-order valence-electron chi connectivity index (χ4n) is 3.35. The van der Waals surface area contributed by atoms with Crippen LogP contribution in [0.1, 0.15) is 52.3 Å². The number of carbonyl (C=O) groups excluding carboxylic acids is 1. The van der Waals surface area contributed by atoms with E-state index < -0.39 is 5.60 Å². The van der Waals surface area contributed by atoms with E-state index in [4.69, 9.17) is 9.84 Å². The van der Waals surface area contributed by atoms with Crippen LogP contribution in [0.4, 0.5) is 4.79 Å². The van der Waals surface area contributed by atoms with Gasteiger partial charge in [-0.3, -0.25) is 4.68 Å². The molecular formula is C16H24IN3O2. The topological polar surface area (TPSA) is 47.4 Å². The molecule has 0 radical (unpaired) electrons. The van der Waals surface area contributed by atoms with E-state index >= 15 is 0 Å². The molecule has 0 spiro atoms. The van der Waals surface area contributed by atoms with Crippen LogP contribution in [-0.4, -0.2) is 39.5 Å². The molecule has 1 amide bonds. The normalized spacial score (nSPS) is 27.2. The van der Waals surface area contributed by atoms with Crippen molar-refractivity contribution in [2.75, 3.05) is 13.1 Å². The quantitative estimate of drug-likeness (QED) is 0.691. The van der Waals surface area contributed by atoms with Crippen LogP contribution in [-0.2, 0) is 4.74 Å². The van der Waals surface area contributed by atoms with E-state index in [-0.39, 0.29) is 6.09 Å². The standard InChI is InChI=1S/C16H24IN3O2/c1-9(2)20-13(17)6-12(18-20)14-10-7-19(8-11(10)14)15(21)22-16(3,4)5/h6,9-11,14H,7-8H2,1-5H3. The molecule has 2 heterocycles. The summed E-state index contributed by atoms with van der Waals surface area (Å²) < 4.78 is 8.72. The summed E-state index contributed by atoms with van der Waals surface area (Å²) in [6, 6.07) is 2.58. The predicted molar refractivity (Wildman–Crippen MR) is 92.9 cm³/mol. The zero-order chi connectivity index (χ0) is 16.2. The van der Waals surface area contributed by atoms with E-state index in [9.17, 15) is 4.79 Å². The second-order valence-corrected chi connectivity index (χ2v) is 8.77. The van der Waals surface area contributed by atoms with Crippen molar-refractivity contribution in [3.05, 3.63) is 15.5 Å². The Morgan fingerprint density at radius 2 is 1.95 bits per heavy atom. The lowest BCUT2D eigenvalue weighted by Crippen LogP contribution is -2.36. The Labute approximate surface area is 145 Å². The molecule has 1 saturated heterocycles. The van der Waals surface area contributed by atoms with Crippen molar-refractivity contribution in [1.29, 1.82) is 0 Å². The third-order valence-electron chi connectivity index (χ3n) is 4.39. The third kappa shape index (κ3) is 2.98. The van der Waals surface area contributed by atoms with Gasteiger partial charge in [0.2, 0.25) is 0 Å². The molecule has 0 bridgehead atoms. The van der Waals surface area contributed by atoms with Crippen LogP contribution >= 0.6 is 22.6 Å². The number of halogens is 1. The van der Waals surface area contributed by atoms with Gasteiger partial charge < -0.3 is 9.64 Å². The van der Waals surface area contributed by atoms with E-state index in [0.717, 1.165) is 13.1 Å². The molecule has 3 rings (SSSR count). The Morgan fingerprint density at radius 3 is 2.41 bits per heavy atom. The van der Waals surface area contributed by atoms with Crippen molar-refractivity contribution in [1.82, 2.24) is 14.7 Å². The molecule has 1 saturated carbocycles. The van der Waals surface area contributed by atoms with Gasteiger partial charge in [0, 0.05) is 25.0 Å². The van der Waals surface area contributed by atoms with Gasteiger partial charge in [-0.25, -0.2) is 4.79 Å². The Kier molecular flexibility index (Phi) is 3.94. The molecule has 6 heteroatoms. The fourth-order valence-corrected chi connectivity index (χ4v) is 4.34. The van der Waals surface area contributed by atoms with Gasteiger partial charge in [-0.1, -0.05) is 0 Å². The van der Waals surface area contributed by atoms with E-state index in [2.05, 4.69) is 47.2 Å². The third-order valence-corrected chi connectivity index (χ3v) is 5.19. The van der Waals surface area contributed by atoms with Crippen LogP contribution in [0.25, 0.3) is 0 Å². The highest BCUT2D eigenvalue weighted by Gasteiger charge is 2.58. The molecule has 22 heavy (non-hydrogen) atoms. The van der Waals surface area contributed by atoms with Gasteiger partial charge in [-0.15, -0.1) is 0 Å². The van der Waals surface area contributed by atoms with E-state index in [1.165, 1.54) is 9.39 Å². The van der Waals surface area contributed by atoms with Crippen molar-refractivity contribution in [2.24, 2.45) is 11.8 Å². The number of rotatable bonds is 2. The number of hydrogen-bond donors (Lipinski definition) is 0. The molecule has 2 unspecified atom stereocenters. The van der Waals surface area contributed by atoms with Crippen LogP contribution in [0.2, 0.25) is 0 Å². The molecule has 1 aromatic rings. The maximum absolute atomic E-state index is 12.1. The minimum absolute atomic E-state index is 0.180. The van der Waals surface area contributed by atoms with E-state index in [1.54, 1.807) is 0 Å². The summed E-state index contributed by atoms with van der Waals surface area (Å²) in [6.07, 6.45) is -0.180. The molecule has 2 aliphatic rings. The first kappa shape index (κ1) is 16.1. The number of piperidine rings is 1. The minimum atomic E-state index is -0.421. The average molecular weight is 417 g/mol. The van der Waals surface area contributed by atoms with E-state index in [0.29, 0.717) is 23.8 Å². The van der Waals surface area contributed by atoms with Crippen LogP contribution in [0.3, 0.4) is 0 Å².